The molecule has 29 valence electrons. The summed E-state index contributed by atoms with van der Waals surface area (Å²) in [6.07, 6.45) is 0. The zero-order valence-electron chi connectivity index (χ0n) is 1.21. The second kappa shape index (κ2) is 15.6. The van der Waals surface area contributed by atoms with E-state index in [0.29, 0.717) is 0 Å². The summed E-state index contributed by atoms with van der Waals surface area (Å²) in [5, 5.41) is 0. The second-order valence-corrected chi connectivity index (χ2v) is 0. The van der Waals surface area contributed by atoms with E-state index in [1.54, 1.807) is 0 Å². The molecule has 3 radical (unpaired) electrons. The Morgan fingerprint density at radius 3 is 1.00 bits per heavy atom. The van der Waals surface area contributed by atoms with Gasteiger partial charge in [0.25, 0.3) is 0 Å². The molecule has 0 saturated carbocycles. The van der Waals surface area contributed by atoms with Crippen LogP contribution in [0.3, 0.4) is 0 Å². The molecule has 0 N–H and O–H groups in total. The van der Waals surface area contributed by atoms with Gasteiger partial charge in [0.2, 0.25) is 0 Å². The van der Waals surface area contributed by atoms with Crippen molar-refractivity contribution in [2.45, 2.75) is 0 Å². The summed E-state index contributed by atoms with van der Waals surface area (Å²) in [7, 11) is 0. The minimum atomic E-state index is 0. The van der Waals surface area contributed by atoms with E-state index in [9.17, 15) is 0 Å². The maximum atomic E-state index is 0. The molecule has 0 nitrogen and oxygen atoms in total. The Labute approximate surface area is 137 Å². The predicted molar refractivity (Wildman–Crippen MR) is 8.54 cm³/mol. The summed E-state index contributed by atoms with van der Waals surface area (Å²) in [4.78, 5) is 0. The standard InChI is InChI=1S/Eu.Lu.Mg.Y.2H. The third-order valence-corrected chi connectivity index (χ3v) is 0. The van der Waals surface area contributed by atoms with Gasteiger partial charge in [-0.3, -0.25) is 0 Å². The van der Waals surface area contributed by atoms with Gasteiger partial charge in [0.05, 0.1) is 0 Å². The molecule has 4 heavy (non-hydrogen) atoms. The average molecular weight is 442 g/mol. The van der Waals surface area contributed by atoms with Gasteiger partial charge in [0.15, 0.2) is 0 Å². The minimum Gasteiger partial charge on any atom is 0 e. The van der Waals surface area contributed by atoms with Gasteiger partial charge in [-0.05, 0) is 0 Å². The van der Waals surface area contributed by atoms with E-state index in [0.717, 1.165) is 0 Å². The third-order valence-electron chi connectivity index (χ3n) is 0. The molecule has 0 aromatic heterocycles. The van der Waals surface area contributed by atoms with Crippen molar-refractivity contribution in [1.29, 1.82) is 0 Å². The molecule has 0 aliphatic carbocycles. The summed E-state index contributed by atoms with van der Waals surface area (Å²) in [6, 6.07) is 0. The Morgan fingerprint density at radius 2 is 1.00 bits per heavy atom. The molecule has 0 saturated heterocycles. The molecule has 0 bridgehead atoms. The number of rotatable bonds is 0. The fraction of sp³-hybridized carbons (Fsp3) is 0. The van der Waals surface area contributed by atoms with E-state index in [2.05, 4.69) is 0 Å². The maximum absolute atomic E-state index is 0. The third kappa shape index (κ3) is 9.85. The van der Waals surface area contributed by atoms with E-state index in [-0.39, 0.29) is 142 Å². The van der Waals surface area contributed by atoms with Crippen molar-refractivity contribution in [1.82, 2.24) is 0 Å². The van der Waals surface area contributed by atoms with E-state index >= 15 is 0 Å². The summed E-state index contributed by atoms with van der Waals surface area (Å²) in [5.74, 6) is 0. The first kappa shape index (κ1) is 23.4. The first-order valence-corrected chi connectivity index (χ1v) is 0. The van der Waals surface area contributed by atoms with Gasteiger partial charge in [0.1, 0.15) is 0 Å². The molecular weight excluding hydrogens is 440 g/mol. The van der Waals surface area contributed by atoms with Crippen molar-refractivity contribution in [3.8, 4) is 0 Å². The summed E-state index contributed by atoms with van der Waals surface area (Å²) in [5.41, 5.74) is 0. The van der Waals surface area contributed by atoms with Crippen LogP contribution in [0.1, 0.15) is 0 Å². The monoisotopic (exact) mass is 443 g/mol. The Balaban J connectivity index is 0. The largest absolute Gasteiger partial charge is 0.316 e. The van der Waals surface area contributed by atoms with Gasteiger partial charge < -0.3 is 0 Å². The van der Waals surface area contributed by atoms with Crippen LogP contribution in [0.5, 0.6) is 0 Å². The van der Waals surface area contributed by atoms with Gasteiger partial charge in [0, 0.05) is 119 Å². The predicted octanol–water partition coefficient (Wildman–Crippen LogP) is -0.919. The molecule has 0 rings (SSSR count). The van der Waals surface area contributed by atoms with Gasteiger partial charge in [-0.25, -0.2) is 0 Å². The first-order chi connectivity index (χ1) is 0. The van der Waals surface area contributed by atoms with Crippen LogP contribution >= 0.6 is 0 Å². The van der Waals surface area contributed by atoms with Crippen molar-refractivity contribution in [3.05, 3.63) is 0 Å². The van der Waals surface area contributed by atoms with Gasteiger partial charge >= 0.3 is 23.1 Å². The Kier molecular flexibility index (Phi) is 91.4. The van der Waals surface area contributed by atoms with Crippen molar-refractivity contribution in [2.75, 3.05) is 0 Å². The molecule has 0 unspecified atom stereocenters. The topological polar surface area (TPSA) is 0 Å². The number of hydrogen-bond acceptors (Lipinski definition) is 0. The van der Waals surface area contributed by atoms with Crippen LogP contribution in [0.25, 0.3) is 0 Å². The smallest absolute Gasteiger partial charge is 0 e. The van der Waals surface area contributed by atoms with Gasteiger partial charge in [-0.2, -0.15) is 0 Å². The zero-order chi connectivity index (χ0) is 0. The summed E-state index contributed by atoms with van der Waals surface area (Å²) in [6.45, 7) is 0. The summed E-state index contributed by atoms with van der Waals surface area (Å²) >= 11 is 0. The molecule has 0 aliphatic heterocycles. The molecule has 0 heterocycles. The first-order valence-electron chi connectivity index (χ1n) is 0. The minimum absolute atomic E-state index is 0. The van der Waals surface area contributed by atoms with Crippen LogP contribution in [0, 0.1) is 86.3 Å². The van der Waals surface area contributed by atoms with Crippen LogP contribution in [-0.4, -0.2) is 23.1 Å². The average Bonchev–Trinajstić information content (AvgIpc) is 0. The normalized spacial score (nSPS) is 0. The SMILES string of the molecule is [Eu].[Lu].[MgH2].[Y]. The molecule has 0 aromatic carbocycles. The molecule has 0 amide bonds. The number of hydrogen-bond donors (Lipinski definition) is 0. The maximum Gasteiger partial charge on any atom is 0.316 e. The van der Waals surface area contributed by atoms with Crippen molar-refractivity contribution < 1.29 is 119 Å². The van der Waals surface area contributed by atoms with Gasteiger partial charge in [-0.15, -0.1) is 0 Å². The van der Waals surface area contributed by atoms with E-state index in [1.807, 2.05) is 0 Å². The molecular formula is H2EuLuMgY. The Hall–Kier alpha value is 4.69. The van der Waals surface area contributed by atoms with Crippen LogP contribution in [0.15, 0.2) is 0 Å². The van der Waals surface area contributed by atoms with Crippen LogP contribution in [0.4, 0.5) is 0 Å². The van der Waals surface area contributed by atoms with E-state index in [4.69, 9.17) is 0 Å². The van der Waals surface area contributed by atoms with Crippen molar-refractivity contribution in [2.24, 2.45) is 0 Å². The second-order valence-electron chi connectivity index (χ2n) is 0. The molecule has 0 aromatic rings. The van der Waals surface area contributed by atoms with Crippen LogP contribution in [-0.2, 0) is 32.7 Å². The molecule has 0 spiro atoms. The van der Waals surface area contributed by atoms with Gasteiger partial charge in [-0.1, -0.05) is 0 Å². The molecule has 0 atom stereocenters. The Bertz CT molecular complexity index is 8.00. The fourth-order valence-corrected chi connectivity index (χ4v) is 0. The molecule has 0 fully saturated rings. The van der Waals surface area contributed by atoms with E-state index in [1.165, 1.54) is 0 Å². The Morgan fingerprint density at radius 1 is 1.00 bits per heavy atom. The summed E-state index contributed by atoms with van der Waals surface area (Å²) < 4.78 is 0. The zero-order valence-corrected chi connectivity index (χ0v) is 8.13. The van der Waals surface area contributed by atoms with Crippen molar-refractivity contribution in [3.63, 3.8) is 0 Å². The van der Waals surface area contributed by atoms with Crippen LogP contribution in [0.2, 0.25) is 0 Å². The van der Waals surface area contributed by atoms with Crippen LogP contribution < -0.4 is 0 Å². The quantitative estimate of drug-likeness (QED) is 0.426. The molecule has 4 heteroatoms. The van der Waals surface area contributed by atoms with E-state index < -0.39 is 0 Å². The van der Waals surface area contributed by atoms with Crippen molar-refractivity contribution >= 4 is 23.1 Å². The molecule has 0 aliphatic rings. The fourth-order valence-electron chi connectivity index (χ4n) is 0.